The SMILES string of the molecule is Nc1ncnc2c1c(-c1ccccc1)cn2-c1ccc(Br)cc1. The second-order valence-corrected chi connectivity index (χ2v) is 6.13. The molecular formula is C18H13BrN4. The quantitative estimate of drug-likeness (QED) is 0.572. The fourth-order valence-corrected chi connectivity index (χ4v) is 2.98. The molecule has 4 rings (SSSR count). The van der Waals surface area contributed by atoms with Crippen molar-refractivity contribution in [3.05, 3.63) is 71.6 Å². The molecule has 0 spiro atoms. The summed E-state index contributed by atoms with van der Waals surface area (Å²) in [5.41, 5.74) is 10.1. The van der Waals surface area contributed by atoms with Crippen LogP contribution >= 0.6 is 15.9 Å². The molecule has 0 saturated carbocycles. The van der Waals surface area contributed by atoms with E-state index in [0.29, 0.717) is 5.82 Å². The molecule has 0 aliphatic carbocycles. The Bertz CT molecular complexity index is 975. The van der Waals surface area contributed by atoms with E-state index >= 15 is 0 Å². The number of anilines is 1. The fraction of sp³-hybridized carbons (Fsp3) is 0. The van der Waals surface area contributed by atoms with Gasteiger partial charge in [-0.05, 0) is 29.8 Å². The zero-order valence-corrected chi connectivity index (χ0v) is 13.7. The lowest BCUT2D eigenvalue weighted by molar-refractivity contribution is 1.08. The molecule has 2 N–H and O–H groups in total. The maximum atomic E-state index is 6.14. The third-order valence-corrected chi connectivity index (χ3v) is 4.33. The van der Waals surface area contributed by atoms with Crippen LogP contribution in [-0.4, -0.2) is 14.5 Å². The molecule has 2 aromatic heterocycles. The van der Waals surface area contributed by atoms with Crippen molar-refractivity contribution in [3.8, 4) is 16.8 Å². The van der Waals surface area contributed by atoms with E-state index in [2.05, 4.69) is 44.2 Å². The largest absolute Gasteiger partial charge is 0.383 e. The molecule has 0 saturated heterocycles. The zero-order chi connectivity index (χ0) is 15.8. The summed E-state index contributed by atoms with van der Waals surface area (Å²) in [6.45, 7) is 0. The van der Waals surface area contributed by atoms with Crippen molar-refractivity contribution in [2.24, 2.45) is 0 Å². The van der Waals surface area contributed by atoms with Gasteiger partial charge in [-0.2, -0.15) is 0 Å². The number of rotatable bonds is 2. The third-order valence-electron chi connectivity index (χ3n) is 3.80. The Morgan fingerprint density at radius 1 is 0.913 bits per heavy atom. The van der Waals surface area contributed by atoms with Crippen LogP contribution in [-0.2, 0) is 0 Å². The minimum absolute atomic E-state index is 0.490. The topological polar surface area (TPSA) is 56.7 Å². The lowest BCUT2D eigenvalue weighted by Crippen LogP contribution is -1.96. The highest BCUT2D eigenvalue weighted by molar-refractivity contribution is 9.10. The normalized spacial score (nSPS) is 11.0. The van der Waals surface area contributed by atoms with Crippen LogP contribution in [0.2, 0.25) is 0 Å². The summed E-state index contributed by atoms with van der Waals surface area (Å²) in [7, 11) is 0. The van der Waals surface area contributed by atoms with Crippen LogP contribution in [0.4, 0.5) is 5.82 Å². The number of hydrogen-bond acceptors (Lipinski definition) is 3. The Kier molecular flexibility index (Phi) is 3.35. The Morgan fingerprint density at radius 3 is 2.39 bits per heavy atom. The van der Waals surface area contributed by atoms with Gasteiger partial charge in [0.1, 0.15) is 12.1 Å². The summed E-state index contributed by atoms with van der Waals surface area (Å²) >= 11 is 3.47. The van der Waals surface area contributed by atoms with Gasteiger partial charge in [0.2, 0.25) is 0 Å². The van der Waals surface area contributed by atoms with Crippen LogP contribution in [0.1, 0.15) is 0 Å². The molecule has 0 aliphatic rings. The third kappa shape index (κ3) is 2.39. The number of fused-ring (bicyclic) bond motifs is 1. The van der Waals surface area contributed by atoms with Crippen molar-refractivity contribution < 1.29 is 0 Å². The lowest BCUT2D eigenvalue weighted by atomic mass is 10.1. The van der Waals surface area contributed by atoms with Crippen molar-refractivity contribution in [2.45, 2.75) is 0 Å². The van der Waals surface area contributed by atoms with Gasteiger partial charge in [0.05, 0.1) is 5.39 Å². The van der Waals surface area contributed by atoms with Gasteiger partial charge in [0.15, 0.2) is 5.65 Å². The van der Waals surface area contributed by atoms with E-state index in [4.69, 9.17) is 5.73 Å². The Labute approximate surface area is 141 Å². The van der Waals surface area contributed by atoms with E-state index in [-0.39, 0.29) is 0 Å². The van der Waals surface area contributed by atoms with Crippen LogP contribution in [0.15, 0.2) is 71.6 Å². The summed E-state index contributed by atoms with van der Waals surface area (Å²) in [4.78, 5) is 8.61. The van der Waals surface area contributed by atoms with Crippen molar-refractivity contribution in [2.75, 3.05) is 5.73 Å². The summed E-state index contributed by atoms with van der Waals surface area (Å²) < 4.78 is 3.08. The predicted octanol–water partition coefficient (Wildman–Crippen LogP) is 4.43. The molecule has 2 aromatic carbocycles. The first-order valence-electron chi connectivity index (χ1n) is 7.17. The van der Waals surface area contributed by atoms with Crippen molar-refractivity contribution in [1.29, 1.82) is 0 Å². The molecule has 0 atom stereocenters. The number of nitrogen functional groups attached to an aromatic ring is 1. The van der Waals surface area contributed by atoms with Crippen molar-refractivity contribution in [1.82, 2.24) is 14.5 Å². The first-order chi connectivity index (χ1) is 11.2. The van der Waals surface area contributed by atoms with Crippen molar-refractivity contribution in [3.63, 3.8) is 0 Å². The van der Waals surface area contributed by atoms with Gasteiger partial charge in [-0.3, -0.25) is 0 Å². The maximum absolute atomic E-state index is 6.14. The number of hydrogen-bond donors (Lipinski definition) is 1. The molecule has 4 aromatic rings. The summed E-state index contributed by atoms with van der Waals surface area (Å²) in [5.74, 6) is 0.490. The van der Waals surface area contributed by atoms with Gasteiger partial charge < -0.3 is 10.3 Å². The van der Waals surface area contributed by atoms with Crippen LogP contribution in [0.3, 0.4) is 0 Å². The molecule has 0 aliphatic heterocycles. The second-order valence-electron chi connectivity index (χ2n) is 5.21. The van der Waals surface area contributed by atoms with Crippen LogP contribution in [0.25, 0.3) is 27.8 Å². The summed E-state index contributed by atoms with van der Waals surface area (Å²) in [5, 5.41) is 0.876. The predicted molar refractivity (Wildman–Crippen MR) is 96.4 cm³/mol. The molecule has 112 valence electrons. The van der Waals surface area contributed by atoms with Gasteiger partial charge in [0, 0.05) is 21.9 Å². The Morgan fingerprint density at radius 2 is 1.65 bits per heavy atom. The van der Waals surface area contributed by atoms with Gasteiger partial charge >= 0.3 is 0 Å². The van der Waals surface area contributed by atoms with E-state index in [1.165, 1.54) is 6.33 Å². The molecule has 5 heteroatoms. The minimum atomic E-state index is 0.490. The average Bonchev–Trinajstić information content (AvgIpc) is 2.97. The standard InChI is InChI=1S/C18H13BrN4/c19-13-6-8-14(9-7-13)23-10-15(12-4-2-1-3-5-12)16-17(20)21-11-22-18(16)23/h1-11H,(H2,20,21,22). The van der Waals surface area contributed by atoms with E-state index in [9.17, 15) is 0 Å². The van der Waals surface area contributed by atoms with Gasteiger partial charge in [-0.1, -0.05) is 46.3 Å². The molecule has 2 heterocycles. The molecule has 0 fully saturated rings. The Balaban J connectivity index is 2.03. The number of halogens is 1. The number of nitrogens with two attached hydrogens (primary N) is 1. The maximum Gasteiger partial charge on any atom is 0.150 e. The first kappa shape index (κ1) is 14.0. The summed E-state index contributed by atoms with van der Waals surface area (Å²) in [6.07, 6.45) is 3.57. The molecular weight excluding hydrogens is 352 g/mol. The highest BCUT2D eigenvalue weighted by Crippen LogP contribution is 2.34. The summed E-state index contributed by atoms with van der Waals surface area (Å²) in [6, 6.07) is 18.2. The lowest BCUT2D eigenvalue weighted by Gasteiger charge is -2.04. The van der Waals surface area contributed by atoms with Crippen molar-refractivity contribution >= 4 is 32.8 Å². The molecule has 0 amide bonds. The first-order valence-corrected chi connectivity index (χ1v) is 7.96. The Hall–Kier alpha value is -2.66. The van der Waals surface area contributed by atoms with Crippen LogP contribution in [0.5, 0.6) is 0 Å². The van der Waals surface area contributed by atoms with Gasteiger partial charge in [-0.15, -0.1) is 0 Å². The van der Waals surface area contributed by atoms with Gasteiger partial charge in [-0.25, -0.2) is 9.97 Å². The van der Waals surface area contributed by atoms with Crippen LogP contribution in [0, 0.1) is 0 Å². The van der Waals surface area contributed by atoms with E-state index in [0.717, 1.165) is 32.3 Å². The molecule has 4 nitrogen and oxygen atoms in total. The second kappa shape index (κ2) is 5.52. The number of nitrogens with zero attached hydrogens (tertiary/aromatic N) is 3. The van der Waals surface area contributed by atoms with Crippen LogP contribution < -0.4 is 5.73 Å². The highest BCUT2D eigenvalue weighted by atomic mass is 79.9. The molecule has 0 bridgehead atoms. The van der Waals surface area contributed by atoms with E-state index in [1.54, 1.807) is 0 Å². The van der Waals surface area contributed by atoms with E-state index in [1.807, 2.05) is 47.0 Å². The zero-order valence-electron chi connectivity index (χ0n) is 12.1. The highest BCUT2D eigenvalue weighted by Gasteiger charge is 2.15. The molecule has 0 radical (unpaired) electrons. The average molecular weight is 365 g/mol. The number of aromatic nitrogens is 3. The van der Waals surface area contributed by atoms with E-state index < -0.39 is 0 Å². The minimum Gasteiger partial charge on any atom is -0.383 e. The molecule has 23 heavy (non-hydrogen) atoms. The molecule has 0 unspecified atom stereocenters. The smallest absolute Gasteiger partial charge is 0.150 e. The monoisotopic (exact) mass is 364 g/mol. The van der Waals surface area contributed by atoms with Gasteiger partial charge in [0.25, 0.3) is 0 Å². The number of benzene rings is 2. The fourth-order valence-electron chi connectivity index (χ4n) is 2.72.